The second-order valence-corrected chi connectivity index (χ2v) is 3.21. The summed E-state index contributed by atoms with van der Waals surface area (Å²) >= 11 is 0. The van der Waals surface area contributed by atoms with Crippen LogP contribution in [0.5, 0.6) is 0 Å². The van der Waals surface area contributed by atoms with Crippen molar-refractivity contribution in [3.8, 4) is 0 Å². The number of carbonyl (C=O) groups excluding carboxylic acids is 1. The summed E-state index contributed by atoms with van der Waals surface area (Å²) in [6.07, 6.45) is 0. The lowest BCUT2D eigenvalue weighted by Gasteiger charge is -2.08. The Kier molecular flexibility index (Phi) is 3.60. The summed E-state index contributed by atoms with van der Waals surface area (Å²) in [4.78, 5) is 26.4. The van der Waals surface area contributed by atoms with Crippen LogP contribution in [0.4, 0.5) is 0 Å². The molecule has 82 valence electrons. The average molecular weight is 210 g/mol. The van der Waals surface area contributed by atoms with Crippen LogP contribution in [0.15, 0.2) is 10.9 Å². The van der Waals surface area contributed by atoms with Gasteiger partial charge in [0.25, 0.3) is 0 Å². The number of hydrogen-bond donors (Lipinski definition) is 0. The van der Waals surface area contributed by atoms with Gasteiger partial charge in [-0.25, -0.2) is 4.79 Å². The summed E-state index contributed by atoms with van der Waals surface area (Å²) in [6, 6.07) is 1.75. The Labute approximate surface area is 87.7 Å². The van der Waals surface area contributed by atoms with Crippen molar-refractivity contribution in [3.05, 3.63) is 27.9 Å². The molecule has 0 unspecified atom stereocenters. The first-order valence-electron chi connectivity index (χ1n) is 4.75. The molecule has 5 nitrogen and oxygen atoms in total. The molecule has 0 bridgehead atoms. The minimum atomic E-state index is -0.423. The molecule has 0 aromatic carbocycles. The Bertz CT molecular complexity index is 423. The second-order valence-electron chi connectivity index (χ2n) is 3.21. The molecule has 0 fully saturated rings. The van der Waals surface area contributed by atoms with Crippen LogP contribution in [-0.4, -0.2) is 22.1 Å². The minimum absolute atomic E-state index is 0.0776. The molecule has 0 aliphatic rings. The lowest BCUT2D eigenvalue weighted by molar-refractivity contribution is -0.143. The number of carbonyl (C=O) groups is 1. The van der Waals surface area contributed by atoms with Gasteiger partial charge in [-0.2, -0.15) is 4.98 Å². The highest BCUT2D eigenvalue weighted by atomic mass is 16.5. The first-order valence-corrected chi connectivity index (χ1v) is 4.75. The van der Waals surface area contributed by atoms with Crippen molar-refractivity contribution < 1.29 is 9.53 Å². The third-order valence-electron chi connectivity index (χ3n) is 1.94. The first-order chi connectivity index (χ1) is 7.04. The number of aryl methyl sites for hydroxylation is 2. The van der Waals surface area contributed by atoms with Gasteiger partial charge in [0.15, 0.2) is 0 Å². The molecule has 0 radical (unpaired) electrons. The Hall–Kier alpha value is -1.65. The van der Waals surface area contributed by atoms with Crippen LogP contribution < -0.4 is 5.69 Å². The maximum absolute atomic E-state index is 11.4. The molecule has 0 saturated heterocycles. The number of aromatic nitrogens is 2. The molecule has 0 aliphatic heterocycles. The number of ether oxygens (including phenoxy) is 1. The molecular formula is C10H14N2O3. The zero-order valence-electron chi connectivity index (χ0n) is 9.11. The van der Waals surface area contributed by atoms with Crippen molar-refractivity contribution in [3.63, 3.8) is 0 Å². The van der Waals surface area contributed by atoms with Crippen molar-refractivity contribution in [2.45, 2.75) is 27.3 Å². The molecule has 0 amide bonds. The van der Waals surface area contributed by atoms with Crippen molar-refractivity contribution >= 4 is 5.97 Å². The zero-order valence-corrected chi connectivity index (χ0v) is 9.11. The van der Waals surface area contributed by atoms with E-state index in [4.69, 9.17) is 4.74 Å². The fraction of sp³-hybridized carbons (Fsp3) is 0.500. The normalized spacial score (nSPS) is 10.1. The fourth-order valence-electron chi connectivity index (χ4n) is 1.30. The molecule has 0 spiro atoms. The number of hydrogen-bond acceptors (Lipinski definition) is 4. The molecule has 1 aromatic rings. The van der Waals surface area contributed by atoms with Gasteiger partial charge in [-0.1, -0.05) is 0 Å². The Morgan fingerprint density at radius 1 is 1.53 bits per heavy atom. The molecule has 0 aliphatic carbocycles. The van der Waals surface area contributed by atoms with Crippen LogP contribution in [0.2, 0.25) is 0 Å². The number of rotatable bonds is 3. The van der Waals surface area contributed by atoms with E-state index < -0.39 is 11.7 Å². The summed E-state index contributed by atoms with van der Waals surface area (Å²) in [7, 11) is 0. The van der Waals surface area contributed by atoms with Crippen LogP contribution in [-0.2, 0) is 16.1 Å². The maximum atomic E-state index is 11.4. The van der Waals surface area contributed by atoms with Gasteiger partial charge < -0.3 is 4.74 Å². The van der Waals surface area contributed by atoms with E-state index in [1.807, 2.05) is 0 Å². The topological polar surface area (TPSA) is 61.2 Å². The third kappa shape index (κ3) is 2.90. The molecule has 15 heavy (non-hydrogen) atoms. The average Bonchev–Trinajstić information content (AvgIpc) is 2.11. The van der Waals surface area contributed by atoms with E-state index in [0.717, 1.165) is 0 Å². The molecule has 1 rings (SSSR count). The van der Waals surface area contributed by atoms with Gasteiger partial charge in [0, 0.05) is 11.4 Å². The smallest absolute Gasteiger partial charge is 0.348 e. The Balaban J connectivity index is 2.95. The van der Waals surface area contributed by atoms with Gasteiger partial charge >= 0.3 is 11.7 Å². The van der Waals surface area contributed by atoms with Gasteiger partial charge in [0.05, 0.1) is 6.61 Å². The maximum Gasteiger partial charge on any atom is 0.348 e. The van der Waals surface area contributed by atoms with Crippen LogP contribution in [0, 0.1) is 13.8 Å². The van der Waals surface area contributed by atoms with Crippen LogP contribution in [0.25, 0.3) is 0 Å². The van der Waals surface area contributed by atoms with Crippen LogP contribution in [0.1, 0.15) is 18.3 Å². The lowest BCUT2D eigenvalue weighted by Crippen LogP contribution is -2.29. The quantitative estimate of drug-likeness (QED) is 0.678. The second kappa shape index (κ2) is 4.72. The van der Waals surface area contributed by atoms with E-state index in [1.54, 1.807) is 26.8 Å². The predicted octanol–water partition coefficient (Wildman–Crippen LogP) is 0.423. The first kappa shape index (κ1) is 11.4. The van der Waals surface area contributed by atoms with Crippen molar-refractivity contribution in [2.75, 3.05) is 6.61 Å². The molecule has 0 N–H and O–H groups in total. The largest absolute Gasteiger partial charge is 0.465 e. The van der Waals surface area contributed by atoms with Crippen LogP contribution in [0.3, 0.4) is 0 Å². The summed E-state index contributed by atoms with van der Waals surface area (Å²) in [6.45, 7) is 5.46. The highest BCUT2D eigenvalue weighted by Crippen LogP contribution is 1.97. The number of esters is 1. The highest BCUT2D eigenvalue weighted by molar-refractivity contribution is 5.69. The summed E-state index contributed by atoms with van der Waals surface area (Å²) in [5.74, 6) is -0.423. The van der Waals surface area contributed by atoms with E-state index >= 15 is 0 Å². The van der Waals surface area contributed by atoms with Gasteiger partial charge in [-0.3, -0.25) is 9.36 Å². The lowest BCUT2D eigenvalue weighted by atomic mass is 10.3. The van der Waals surface area contributed by atoms with E-state index in [0.29, 0.717) is 18.0 Å². The predicted molar refractivity (Wildman–Crippen MR) is 54.6 cm³/mol. The van der Waals surface area contributed by atoms with Gasteiger partial charge in [-0.05, 0) is 26.8 Å². The molecule has 0 saturated carbocycles. The van der Waals surface area contributed by atoms with E-state index in [1.165, 1.54) is 4.57 Å². The van der Waals surface area contributed by atoms with Gasteiger partial charge in [-0.15, -0.1) is 0 Å². The fourth-order valence-corrected chi connectivity index (χ4v) is 1.30. The van der Waals surface area contributed by atoms with E-state index in [9.17, 15) is 9.59 Å². The van der Waals surface area contributed by atoms with Crippen LogP contribution >= 0.6 is 0 Å². The SMILES string of the molecule is CCOC(=O)Cn1c(C)cc(C)nc1=O. The zero-order chi connectivity index (χ0) is 11.4. The Morgan fingerprint density at radius 3 is 2.73 bits per heavy atom. The molecule has 1 aromatic heterocycles. The highest BCUT2D eigenvalue weighted by Gasteiger charge is 2.08. The minimum Gasteiger partial charge on any atom is -0.465 e. The molecule has 1 heterocycles. The molecular weight excluding hydrogens is 196 g/mol. The molecule has 5 heteroatoms. The monoisotopic (exact) mass is 210 g/mol. The van der Waals surface area contributed by atoms with Crippen molar-refractivity contribution in [1.29, 1.82) is 0 Å². The van der Waals surface area contributed by atoms with E-state index in [2.05, 4.69) is 4.98 Å². The Morgan fingerprint density at radius 2 is 2.20 bits per heavy atom. The van der Waals surface area contributed by atoms with Crippen molar-refractivity contribution in [2.24, 2.45) is 0 Å². The molecule has 0 atom stereocenters. The van der Waals surface area contributed by atoms with E-state index in [-0.39, 0.29) is 6.54 Å². The number of nitrogens with zero attached hydrogens (tertiary/aromatic N) is 2. The third-order valence-corrected chi connectivity index (χ3v) is 1.94. The van der Waals surface area contributed by atoms with Crippen molar-refractivity contribution in [1.82, 2.24) is 9.55 Å². The summed E-state index contributed by atoms with van der Waals surface area (Å²) in [5.41, 5.74) is 0.943. The van der Waals surface area contributed by atoms with Gasteiger partial charge in [0.1, 0.15) is 6.54 Å². The summed E-state index contributed by atoms with van der Waals surface area (Å²) in [5, 5.41) is 0. The standard InChI is InChI=1S/C10H14N2O3/c1-4-15-9(13)6-12-8(3)5-7(2)11-10(12)14/h5H,4,6H2,1-3H3. The summed E-state index contributed by atoms with van der Waals surface area (Å²) < 4.78 is 6.06. The van der Waals surface area contributed by atoms with Gasteiger partial charge in [0.2, 0.25) is 0 Å².